The van der Waals surface area contributed by atoms with Crippen molar-refractivity contribution in [1.29, 1.82) is 0 Å². The third-order valence-electron chi connectivity index (χ3n) is 8.58. The Morgan fingerprint density at radius 2 is 1.50 bits per heavy atom. The minimum Gasteiger partial charge on any atom is -0.497 e. The van der Waals surface area contributed by atoms with Crippen molar-refractivity contribution in [3.8, 4) is 11.5 Å². The molecule has 2 aliphatic heterocycles. The zero-order valence-electron chi connectivity index (χ0n) is 24.4. The first kappa shape index (κ1) is 30.3. The van der Waals surface area contributed by atoms with E-state index >= 15 is 0 Å². The fraction of sp³-hybridized carbons (Fsp3) is 0.581. The van der Waals surface area contributed by atoms with Crippen LogP contribution in [-0.2, 0) is 14.8 Å². The first-order chi connectivity index (χ1) is 19.2. The number of hydrogen-bond donors (Lipinski definition) is 0. The van der Waals surface area contributed by atoms with Gasteiger partial charge < -0.3 is 14.4 Å². The van der Waals surface area contributed by atoms with Crippen LogP contribution < -0.4 is 9.47 Å². The van der Waals surface area contributed by atoms with Crippen molar-refractivity contribution in [2.45, 2.75) is 55.9 Å². The van der Waals surface area contributed by atoms with Gasteiger partial charge in [0.2, 0.25) is 15.9 Å². The van der Waals surface area contributed by atoms with Gasteiger partial charge in [-0.05, 0) is 69.3 Å². The summed E-state index contributed by atoms with van der Waals surface area (Å²) < 4.78 is 38.9. The Morgan fingerprint density at radius 1 is 0.900 bits per heavy atom. The van der Waals surface area contributed by atoms with Crippen molar-refractivity contribution in [3.05, 3.63) is 54.1 Å². The van der Waals surface area contributed by atoms with Crippen molar-refractivity contribution in [2.24, 2.45) is 11.8 Å². The van der Waals surface area contributed by atoms with Crippen LogP contribution in [0.1, 0.15) is 56.6 Å². The van der Waals surface area contributed by atoms with Crippen LogP contribution in [0, 0.1) is 11.8 Å². The molecule has 4 rings (SSSR count). The Hall–Kier alpha value is -2.62. The molecule has 0 radical (unpaired) electrons. The summed E-state index contributed by atoms with van der Waals surface area (Å²) in [6.07, 6.45) is 7.33. The summed E-state index contributed by atoms with van der Waals surface area (Å²) in [5.41, 5.74) is 1.04. The van der Waals surface area contributed by atoms with Crippen LogP contribution in [0.15, 0.2) is 53.4 Å². The molecule has 8 nitrogen and oxygen atoms in total. The first-order valence-electron chi connectivity index (χ1n) is 14.5. The fourth-order valence-electron chi connectivity index (χ4n) is 6.17. The topological polar surface area (TPSA) is 79.4 Å². The lowest BCUT2D eigenvalue weighted by Gasteiger charge is -2.36. The lowest BCUT2D eigenvalue weighted by Crippen LogP contribution is -2.44. The van der Waals surface area contributed by atoms with E-state index in [9.17, 15) is 13.2 Å². The molecule has 1 unspecified atom stereocenters. The highest BCUT2D eigenvalue weighted by Gasteiger charge is 2.33. The predicted molar refractivity (Wildman–Crippen MR) is 157 cm³/mol. The van der Waals surface area contributed by atoms with Crippen LogP contribution in [0.4, 0.5) is 0 Å². The second-order valence-electron chi connectivity index (χ2n) is 11.3. The molecule has 0 aromatic heterocycles. The molecule has 2 fully saturated rings. The lowest BCUT2D eigenvalue weighted by atomic mass is 9.87. The Balaban J connectivity index is 1.21. The number of ether oxygens (including phenoxy) is 2. The van der Waals surface area contributed by atoms with E-state index in [-0.39, 0.29) is 16.8 Å². The highest BCUT2D eigenvalue weighted by Crippen LogP contribution is 2.34. The van der Waals surface area contributed by atoms with Gasteiger partial charge in [0.05, 0.1) is 14.2 Å². The molecule has 0 aliphatic carbocycles. The van der Waals surface area contributed by atoms with Gasteiger partial charge in [0.1, 0.15) is 22.4 Å². The van der Waals surface area contributed by atoms with Gasteiger partial charge in [0.15, 0.2) is 0 Å². The van der Waals surface area contributed by atoms with Gasteiger partial charge in [-0.2, -0.15) is 4.31 Å². The Kier molecular flexibility index (Phi) is 10.5. The number of likely N-dealkylation sites (tertiary alicyclic amines) is 1. The molecule has 0 N–H and O–H groups in total. The van der Waals surface area contributed by atoms with E-state index < -0.39 is 10.0 Å². The van der Waals surface area contributed by atoms with Crippen LogP contribution >= 0.6 is 0 Å². The number of likely N-dealkylation sites (N-methyl/N-ethyl adjacent to an activating group) is 1. The largest absolute Gasteiger partial charge is 0.497 e. The smallest absolute Gasteiger partial charge is 0.246 e. The van der Waals surface area contributed by atoms with E-state index in [1.54, 1.807) is 22.5 Å². The number of rotatable bonds is 11. The number of methoxy groups -OCH3 is 2. The van der Waals surface area contributed by atoms with Gasteiger partial charge in [-0.3, -0.25) is 9.69 Å². The molecule has 1 amide bonds. The minimum atomic E-state index is -3.65. The molecule has 40 heavy (non-hydrogen) atoms. The van der Waals surface area contributed by atoms with Gasteiger partial charge in [0.25, 0.3) is 0 Å². The van der Waals surface area contributed by atoms with Crippen LogP contribution in [0.2, 0.25) is 0 Å². The molecule has 2 aliphatic rings. The molecule has 220 valence electrons. The Labute approximate surface area is 240 Å². The summed E-state index contributed by atoms with van der Waals surface area (Å²) in [5, 5.41) is 0. The average Bonchev–Trinajstić information content (AvgIpc) is 2.98. The quantitative estimate of drug-likeness (QED) is 0.385. The Morgan fingerprint density at radius 3 is 2.05 bits per heavy atom. The van der Waals surface area contributed by atoms with Gasteiger partial charge in [-0.25, -0.2) is 8.42 Å². The number of hydrogen-bond acceptors (Lipinski definition) is 6. The number of benzene rings is 2. The molecule has 0 saturated carbocycles. The van der Waals surface area contributed by atoms with Gasteiger partial charge >= 0.3 is 0 Å². The van der Waals surface area contributed by atoms with E-state index in [1.807, 2.05) is 54.2 Å². The molecule has 1 atom stereocenters. The van der Waals surface area contributed by atoms with Gasteiger partial charge in [-0.15, -0.1) is 0 Å². The van der Waals surface area contributed by atoms with Gasteiger partial charge in [-0.1, -0.05) is 49.6 Å². The van der Waals surface area contributed by atoms with E-state index in [4.69, 9.17) is 9.47 Å². The van der Waals surface area contributed by atoms with E-state index in [0.717, 1.165) is 57.2 Å². The zero-order valence-corrected chi connectivity index (χ0v) is 25.2. The number of carbonyl (C=O) groups is 1. The van der Waals surface area contributed by atoms with E-state index in [2.05, 4.69) is 0 Å². The third-order valence-corrected chi connectivity index (χ3v) is 10.5. The second kappa shape index (κ2) is 13.8. The van der Waals surface area contributed by atoms with Crippen LogP contribution in [-0.4, -0.2) is 82.9 Å². The standard InChI is InChI=1S/C31H45N3O5S/c1-32(2)30(26-11-6-5-7-12-26)31(35)33-19-15-24(16-20-33)9-8-10-25-17-21-34(22-18-25)40(36,37)29-23-27(38-3)13-14-28(29)39-4/h5-7,11-14,23-25,30H,8-10,15-22H2,1-4H3. The van der Waals surface area contributed by atoms with Crippen molar-refractivity contribution in [3.63, 3.8) is 0 Å². The number of nitrogens with zero attached hydrogens (tertiary/aromatic N) is 3. The molecule has 2 saturated heterocycles. The fourth-order valence-corrected chi connectivity index (χ4v) is 7.81. The molecule has 2 aromatic rings. The monoisotopic (exact) mass is 571 g/mol. The maximum absolute atomic E-state index is 13.4. The van der Waals surface area contributed by atoms with Crippen molar-refractivity contribution in [2.75, 3.05) is 54.5 Å². The number of carbonyl (C=O) groups excluding carboxylic acids is 1. The average molecular weight is 572 g/mol. The van der Waals surface area contributed by atoms with Crippen molar-refractivity contribution < 1.29 is 22.7 Å². The molecular formula is C31H45N3O5S. The molecule has 0 bridgehead atoms. The molecule has 0 spiro atoms. The molecule has 2 aromatic carbocycles. The number of piperidine rings is 2. The third kappa shape index (κ3) is 7.17. The number of amides is 1. The summed E-state index contributed by atoms with van der Waals surface area (Å²) in [5.74, 6) is 2.24. The SMILES string of the molecule is COc1ccc(OC)c(S(=O)(=O)N2CCC(CCCC3CCN(C(=O)C(c4ccccc4)N(C)C)CC3)CC2)c1. The molecular weight excluding hydrogens is 526 g/mol. The predicted octanol–water partition coefficient (Wildman–Crippen LogP) is 4.82. The normalized spacial score (nSPS) is 18.6. The first-order valence-corrected chi connectivity index (χ1v) is 15.9. The summed E-state index contributed by atoms with van der Waals surface area (Å²) >= 11 is 0. The maximum atomic E-state index is 13.4. The number of sulfonamides is 1. The van der Waals surface area contributed by atoms with E-state index in [1.165, 1.54) is 20.6 Å². The summed E-state index contributed by atoms with van der Waals surface area (Å²) in [6, 6.07) is 14.7. The highest BCUT2D eigenvalue weighted by atomic mass is 32.2. The van der Waals surface area contributed by atoms with Crippen molar-refractivity contribution >= 4 is 15.9 Å². The molecule has 2 heterocycles. The summed E-state index contributed by atoms with van der Waals surface area (Å²) in [4.78, 5) is 17.6. The van der Waals surface area contributed by atoms with Crippen LogP contribution in [0.5, 0.6) is 11.5 Å². The minimum absolute atomic E-state index is 0.165. The van der Waals surface area contributed by atoms with Crippen LogP contribution in [0.3, 0.4) is 0 Å². The summed E-state index contributed by atoms with van der Waals surface area (Å²) in [6.45, 7) is 2.71. The van der Waals surface area contributed by atoms with Crippen LogP contribution in [0.25, 0.3) is 0 Å². The van der Waals surface area contributed by atoms with Gasteiger partial charge in [0, 0.05) is 32.2 Å². The summed E-state index contributed by atoms with van der Waals surface area (Å²) in [7, 11) is 3.31. The zero-order chi connectivity index (χ0) is 28.7. The second-order valence-corrected chi connectivity index (χ2v) is 13.2. The van der Waals surface area contributed by atoms with E-state index in [0.29, 0.717) is 36.4 Å². The van der Waals surface area contributed by atoms with Crippen molar-refractivity contribution in [1.82, 2.24) is 14.1 Å². The molecule has 9 heteroatoms. The lowest BCUT2D eigenvalue weighted by molar-refractivity contribution is -0.137. The highest BCUT2D eigenvalue weighted by molar-refractivity contribution is 7.89. The maximum Gasteiger partial charge on any atom is 0.246 e. The Bertz CT molecular complexity index is 1200.